The Kier molecular flexibility index (Phi) is 3.03. The van der Waals surface area contributed by atoms with Crippen molar-refractivity contribution in [2.75, 3.05) is 6.61 Å². The van der Waals surface area contributed by atoms with Gasteiger partial charge in [-0.3, -0.25) is 0 Å². The predicted molar refractivity (Wildman–Crippen MR) is 63.0 cm³/mol. The summed E-state index contributed by atoms with van der Waals surface area (Å²) >= 11 is 3.32. The molecule has 0 saturated heterocycles. The third kappa shape index (κ3) is 1.91. The van der Waals surface area contributed by atoms with E-state index in [1.54, 1.807) is 6.07 Å². The Morgan fingerprint density at radius 3 is 2.47 bits per heavy atom. The summed E-state index contributed by atoms with van der Waals surface area (Å²) in [4.78, 5) is 0. The summed E-state index contributed by atoms with van der Waals surface area (Å²) in [6, 6.07) is 5.54. The van der Waals surface area contributed by atoms with Crippen LogP contribution in [0.15, 0.2) is 22.7 Å². The molecule has 0 unspecified atom stereocenters. The van der Waals surface area contributed by atoms with E-state index in [4.69, 9.17) is 0 Å². The molecule has 1 aliphatic rings. The fourth-order valence-electron chi connectivity index (χ4n) is 2.52. The molecule has 0 bridgehead atoms. The monoisotopic (exact) mass is 270 g/mol. The van der Waals surface area contributed by atoms with Gasteiger partial charge in [0.05, 0.1) is 6.61 Å². The number of hydrogen-bond acceptors (Lipinski definition) is 2. The highest BCUT2D eigenvalue weighted by molar-refractivity contribution is 9.10. The van der Waals surface area contributed by atoms with E-state index >= 15 is 0 Å². The highest BCUT2D eigenvalue weighted by atomic mass is 79.9. The summed E-state index contributed by atoms with van der Waals surface area (Å²) < 4.78 is 0.870. The van der Waals surface area contributed by atoms with Crippen LogP contribution in [0.1, 0.15) is 31.2 Å². The Bertz CT molecular complexity index is 357. The minimum Gasteiger partial charge on any atom is -0.508 e. The average molecular weight is 271 g/mol. The molecule has 1 fully saturated rings. The highest BCUT2D eigenvalue weighted by Crippen LogP contribution is 2.44. The number of aliphatic hydroxyl groups is 1. The third-order valence-electron chi connectivity index (χ3n) is 3.39. The van der Waals surface area contributed by atoms with E-state index < -0.39 is 0 Å². The first kappa shape index (κ1) is 11.0. The van der Waals surface area contributed by atoms with Crippen molar-refractivity contribution in [1.82, 2.24) is 0 Å². The van der Waals surface area contributed by atoms with E-state index in [1.807, 2.05) is 12.1 Å². The van der Waals surface area contributed by atoms with Gasteiger partial charge in [0.25, 0.3) is 0 Å². The van der Waals surface area contributed by atoms with Gasteiger partial charge in [0.15, 0.2) is 0 Å². The Labute approximate surface area is 98.1 Å². The standard InChI is InChI=1S/C12H15BrO2/c13-9-3-4-10(11(15)7-9)12(8-14)5-1-2-6-12/h3-4,7,14-15H,1-2,5-6,8H2. The molecular weight excluding hydrogens is 256 g/mol. The van der Waals surface area contributed by atoms with Gasteiger partial charge in [0.1, 0.15) is 5.75 Å². The molecule has 1 aliphatic carbocycles. The van der Waals surface area contributed by atoms with Gasteiger partial charge in [-0.1, -0.05) is 34.8 Å². The summed E-state index contributed by atoms with van der Waals surface area (Å²) in [5.74, 6) is 0.292. The molecule has 0 amide bonds. The quantitative estimate of drug-likeness (QED) is 0.868. The molecule has 0 heterocycles. The van der Waals surface area contributed by atoms with Gasteiger partial charge in [-0.15, -0.1) is 0 Å². The number of halogens is 1. The maximum atomic E-state index is 9.91. The van der Waals surface area contributed by atoms with Crippen molar-refractivity contribution >= 4 is 15.9 Å². The van der Waals surface area contributed by atoms with Crippen LogP contribution in [-0.2, 0) is 5.41 Å². The van der Waals surface area contributed by atoms with Crippen LogP contribution in [0, 0.1) is 0 Å². The van der Waals surface area contributed by atoms with E-state index in [9.17, 15) is 10.2 Å². The van der Waals surface area contributed by atoms with Crippen molar-refractivity contribution in [2.45, 2.75) is 31.1 Å². The molecule has 15 heavy (non-hydrogen) atoms. The number of rotatable bonds is 2. The Hall–Kier alpha value is -0.540. The SMILES string of the molecule is OCC1(c2ccc(Br)cc2O)CCCC1. The zero-order valence-electron chi connectivity index (χ0n) is 8.54. The first-order chi connectivity index (χ1) is 7.18. The van der Waals surface area contributed by atoms with Crippen LogP contribution < -0.4 is 0 Å². The second kappa shape index (κ2) is 4.14. The fourth-order valence-corrected chi connectivity index (χ4v) is 2.87. The van der Waals surface area contributed by atoms with Crippen LogP contribution in [0.3, 0.4) is 0 Å². The molecule has 0 atom stereocenters. The number of aliphatic hydroxyl groups excluding tert-OH is 1. The Balaban J connectivity index is 2.42. The van der Waals surface area contributed by atoms with Gasteiger partial charge in [-0.2, -0.15) is 0 Å². The van der Waals surface area contributed by atoms with E-state index in [0.717, 1.165) is 35.7 Å². The van der Waals surface area contributed by atoms with Crippen molar-refractivity contribution in [3.63, 3.8) is 0 Å². The summed E-state index contributed by atoms with van der Waals surface area (Å²) in [6.07, 6.45) is 4.21. The minimum atomic E-state index is -0.204. The molecule has 82 valence electrons. The number of benzene rings is 1. The van der Waals surface area contributed by atoms with Gasteiger partial charge >= 0.3 is 0 Å². The highest BCUT2D eigenvalue weighted by Gasteiger charge is 2.36. The number of aromatic hydroxyl groups is 1. The number of phenols is 1. The first-order valence-electron chi connectivity index (χ1n) is 5.28. The van der Waals surface area contributed by atoms with Crippen LogP contribution in [0.2, 0.25) is 0 Å². The molecule has 0 aromatic heterocycles. The van der Waals surface area contributed by atoms with Gasteiger partial charge in [-0.25, -0.2) is 0 Å². The van der Waals surface area contributed by atoms with Crippen LogP contribution in [0.4, 0.5) is 0 Å². The van der Waals surface area contributed by atoms with Crippen molar-refractivity contribution in [1.29, 1.82) is 0 Å². The fraction of sp³-hybridized carbons (Fsp3) is 0.500. The lowest BCUT2D eigenvalue weighted by Gasteiger charge is -2.27. The normalized spacial score (nSPS) is 19.3. The number of phenolic OH excluding ortho intramolecular Hbond substituents is 1. The molecule has 2 nitrogen and oxygen atoms in total. The van der Waals surface area contributed by atoms with Crippen LogP contribution in [0.5, 0.6) is 5.75 Å². The molecule has 1 aromatic rings. The summed E-state index contributed by atoms with van der Waals surface area (Å²) in [5.41, 5.74) is 0.691. The molecule has 1 saturated carbocycles. The summed E-state index contributed by atoms with van der Waals surface area (Å²) in [6.45, 7) is 0.127. The van der Waals surface area contributed by atoms with E-state index in [0.29, 0.717) is 5.75 Å². The molecule has 0 spiro atoms. The summed E-state index contributed by atoms with van der Waals surface area (Å²) in [7, 11) is 0. The maximum Gasteiger partial charge on any atom is 0.120 e. The largest absolute Gasteiger partial charge is 0.508 e. The Morgan fingerprint density at radius 1 is 1.27 bits per heavy atom. The van der Waals surface area contributed by atoms with E-state index in [1.165, 1.54) is 0 Å². The van der Waals surface area contributed by atoms with E-state index in [2.05, 4.69) is 15.9 Å². The summed E-state index contributed by atoms with van der Waals surface area (Å²) in [5, 5.41) is 19.4. The molecule has 0 radical (unpaired) electrons. The second-order valence-electron chi connectivity index (χ2n) is 4.31. The lowest BCUT2D eigenvalue weighted by Crippen LogP contribution is -2.26. The maximum absolute atomic E-state index is 9.91. The molecule has 2 rings (SSSR count). The van der Waals surface area contributed by atoms with Gasteiger partial charge < -0.3 is 10.2 Å². The van der Waals surface area contributed by atoms with Crippen LogP contribution in [-0.4, -0.2) is 16.8 Å². The zero-order chi connectivity index (χ0) is 10.9. The molecule has 2 N–H and O–H groups in total. The third-order valence-corrected chi connectivity index (χ3v) is 3.89. The van der Waals surface area contributed by atoms with Crippen molar-refractivity contribution < 1.29 is 10.2 Å². The molecule has 3 heteroatoms. The molecular formula is C12H15BrO2. The lowest BCUT2D eigenvalue weighted by atomic mass is 9.79. The zero-order valence-corrected chi connectivity index (χ0v) is 10.1. The van der Waals surface area contributed by atoms with Gasteiger partial charge in [-0.05, 0) is 25.0 Å². The van der Waals surface area contributed by atoms with Crippen LogP contribution in [0.25, 0.3) is 0 Å². The van der Waals surface area contributed by atoms with Gasteiger partial charge in [0.2, 0.25) is 0 Å². The average Bonchev–Trinajstić information content (AvgIpc) is 2.67. The van der Waals surface area contributed by atoms with Crippen molar-refractivity contribution in [2.24, 2.45) is 0 Å². The van der Waals surface area contributed by atoms with E-state index in [-0.39, 0.29) is 12.0 Å². The predicted octanol–water partition coefficient (Wildman–Crippen LogP) is 2.96. The minimum absolute atomic E-state index is 0.127. The first-order valence-corrected chi connectivity index (χ1v) is 6.07. The van der Waals surface area contributed by atoms with Crippen LogP contribution >= 0.6 is 15.9 Å². The Morgan fingerprint density at radius 2 is 1.93 bits per heavy atom. The second-order valence-corrected chi connectivity index (χ2v) is 5.22. The molecule has 1 aromatic carbocycles. The van der Waals surface area contributed by atoms with Crippen molar-refractivity contribution in [3.8, 4) is 5.75 Å². The molecule has 0 aliphatic heterocycles. The number of hydrogen-bond donors (Lipinski definition) is 2. The lowest BCUT2D eigenvalue weighted by molar-refractivity contribution is 0.192. The smallest absolute Gasteiger partial charge is 0.120 e. The van der Waals surface area contributed by atoms with Crippen molar-refractivity contribution in [3.05, 3.63) is 28.2 Å². The topological polar surface area (TPSA) is 40.5 Å². The van der Waals surface area contributed by atoms with Gasteiger partial charge in [0, 0.05) is 15.5 Å².